The molecule has 6 nitrogen and oxygen atoms in total. The van der Waals surface area contributed by atoms with Crippen molar-refractivity contribution in [1.29, 1.82) is 0 Å². The predicted molar refractivity (Wildman–Crippen MR) is 169 cm³/mol. The van der Waals surface area contributed by atoms with Crippen molar-refractivity contribution in [2.75, 3.05) is 6.61 Å². The predicted octanol–water partition coefficient (Wildman–Crippen LogP) is 10.1. The molecular formula is C37H36F6O6. The summed E-state index contributed by atoms with van der Waals surface area (Å²) < 4.78 is 97.0. The van der Waals surface area contributed by atoms with E-state index >= 15 is 0 Å². The molecule has 262 valence electrons. The molecule has 1 aliphatic rings. The maximum Gasteiger partial charge on any atom is 0.420 e. The van der Waals surface area contributed by atoms with Gasteiger partial charge in [0.1, 0.15) is 22.6 Å². The Hall–Kier alpha value is -4.61. The van der Waals surface area contributed by atoms with E-state index in [0.29, 0.717) is 36.1 Å². The smallest absolute Gasteiger partial charge is 0.420 e. The van der Waals surface area contributed by atoms with Crippen molar-refractivity contribution in [2.24, 2.45) is 5.92 Å². The zero-order valence-corrected chi connectivity index (χ0v) is 26.8. The van der Waals surface area contributed by atoms with Crippen molar-refractivity contribution in [3.05, 3.63) is 95.6 Å². The number of alkyl halides is 6. The highest BCUT2D eigenvalue weighted by molar-refractivity contribution is 5.92. The zero-order chi connectivity index (χ0) is 35.8. The van der Waals surface area contributed by atoms with Gasteiger partial charge in [0.15, 0.2) is 0 Å². The molecule has 1 aliphatic carbocycles. The lowest BCUT2D eigenvalue weighted by Crippen LogP contribution is -2.22. The van der Waals surface area contributed by atoms with Crippen LogP contribution in [0.3, 0.4) is 0 Å². The summed E-state index contributed by atoms with van der Waals surface area (Å²) >= 11 is 0. The number of carbonyl (C=O) groups is 3. The Bertz CT molecular complexity index is 1620. The molecule has 0 heterocycles. The number of halogens is 6. The molecule has 0 aliphatic heterocycles. The number of ether oxygens (including phenoxy) is 3. The number of benzene rings is 3. The molecule has 0 aromatic heterocycles. The third kappa shape index (κ3) is 10.2. The van der Waals surface area contributed by atoms with Crippen molar-refractivity contribution >= 4 is 17.9 Å². The third-order valence-corrected chi connectivity index (χ3v) is 8.50. The van der Waals surface area contributed by atoms with Gasteiger partial charge in [0, 0.05) is 13.0 Å². The molecule has 0 spiro atoms. The fourth-order valence-electron chi connectivity index (χ4n) is 6.09. The molecule has 1 saturated carbocycles. The Kier molecular flexibility index (Phi) is 12.3. The van der Waals surface area contributed by atoms with E-state index in [9.17, 15) is 40.7 Å². The molecule has 0 saturated heterocycles. The van der Waals surface area contributed by atoms with Crippen molar-refractivity contribution < 1.29 is 54.9 Å². The topological polar surface area (TPSA) is 78.9 Å². The standard InChI is InChI=1S/C37H36F6O6/c1-3-32(45)47-22-6-4-5-7-24-8-10-25(11-9-24)26-12-14-27(15-13-26)28-16-18-29(19-17-28)35(46)49-31-21-20-30(48-23(2)44)33(36(38,39)40)34(31)37(41,42)43/h3,12-21,24-25H,1,4-11,22H2,2H3. The van der Waals surface area contributed by atoms with E-state index in [-0.39, 0.29) is 5.56 Å². The molecule has 0 bridgehead atoms. The summed E-state index contributed by atoms with van der Waals surface area (Å²) in [5, 5.41) is 0. The van der Waals surface area contributed by atoms with Gasteiger partial charge in [-0.1, -0.05) is 62.2 Å². The monoisotopic (exact) mass is 690 g/mol. The lowest BCUT2D eigenvalue weighted by atomic mass is 9.77. The summed E-state index contributed by atoms with van der Waals surface area (Å²) in [6.45, 7) is 4.54. The van der Waals surface area contributed by atoms with Crippen LogP contribution in [-0.4, -0.2) is 24.5 Å². The van der Waals surface area contributed by atoms with Crippen LogP contribution in [0, 0.1) is 5.92 Å². The van der Waals surface area contributed by atoms with Crippen LogP contribution >= 0.6 is 0 Å². The van der Waals surface area contributed by atoms with Crippen LogP contribution in [0.1, 0.15) is 91.3 Å². The highest BCUT2D eigenvalue weighted by atomic mass is 19.4. The average molecular weight is 691 g/mol. The summed E-state index contributed by atoms with van der Waals surface area (Å²) in [6, 6.07) is 14.8. The summed E-state index contributed by atoms with van der Waals surface area (Å²) in [4.78, 5) is 35.1. The van der Waals surface area contributed by atoms with Gasteiger partial charge >= 0.3 is 30.3 Å². The van der Waals surface area contributed by atoms with Crippen LogP contribution in [0.4, 0.5) is 26.3 Å². The van der Waals surface area contributed by atoms with Gasteiger partial charge in [-0.05, 0) is 84.9 Å². The minimum absolute atomic E-state index is 0.181. The van der Waals surface area contributed by atoms with Crippen LogP contribution in [0.25, 0.3) is 11.1 Å². The number of rotatable bonds is 12. The molecule has 49 heavy (non-hydrogen) atoms. The lowest BCUT2D eigenvalue weighted by Gasteiger charge is -2.29. The average Bonchev–Trinajstić information content (AvgIpc) is 3.06. The number of hydrogen-bond acceptors (Lipinski definition) is 6. The lowest BCUT2D eigenvalue weighted by molar-refractivity contribution is -0.164. The molecule has 0 radical (unpaired) electrons. The first-order valence-corrected chi connectivity index (χ1v) is 15.9. The number of esters is 3. The molecule has 3 aromatic rings. The first kappa shape index (κ1) is 37.2. The Labute approximate surface area is 280 Å². The van der Waals surface area contributed by atoms with E-state index in [1.54, 1.807) is 12.1 Å². The van der Waals surface area contributed by atoms with Crippen molar-refractivity contribution in [3.8, 4) is 22.6 Å². The summed E-state index contributed by atoms with van der Waals surface area (Å²) in [5.74, 6) is -4.55. The van der Waals surface area contributed by atoms with E-state index in [0.717, 1.165) is 69.9 Å². The van der Waals surface area contributed by atoms with E-state index in [1.807, 2.05) is 12.1 Å². The molecule has 1 fully saturated rings. The van der Waals surface area contributed by atoms with E-state index < -0.39 is 52.9 Å². The molecule has 0 amide bonds. The molecule has 12 heteroatoms. The van der Waals surface area contributed by atoms with Crippen molar-refractivity contribution in [3.63, 3.8) is 0 Å². The molecular weight excluding hydrogens is 654 g/mol. The third-order valence-electron chi connectivity index (χ3n) is 8.50. The minimum atomic E-state index is -5.60. The van der Waals surface area contributed by atoms with Crippen LogP contribution in [-0.2, 0) is 26.7 Å². The molecule has 4 rings (SSSR count). The molecule has 0 unspecified atom stereocenters. The quantitative estimate of drug-likeness (QED) is 0.0619. The Morgan fingerprint density at radius 3 is 1.78 bits per heavy atom. The highest BCUT2D eigenvalue weighted by Crippen LogP contribution is 2.49. The van der Waals surface area contributed by atoms with Crippen LogP contribution in [0.2, 0.25) is 0 Å². The Morgan fingerprint density at radius 1 is 0.735 bits per heavy atom. The van der Waals surface area contributed by atoms with Gasteiger partial charge < -0.3 is 14.2 Å². The summed E-state index contributed by atoms with van der Waals surface area (Å²) in [6.07, 6.45) is -1.43. The van der Waals surface area contributed by atoms with E-state index in [1.165, 1.54) is 17.7 Å². The molecule has 0 atom stereocenters. The van der Waals surface area contributed by atoms with Gasteiger partial charge in [0.25, 0.3) is 0 Å². The van der Waals surface area contributed by atoms with Crippen LogP contribution in [0.5, 0.6) is 11.5 Å². The van der Waals surface area contributed by atoms with Gasteiger partial charge in [-0.3, -0.25) is 4.79 Å². The second-order valence-electron chi connectivity index (χ2n) is 11.9. The first-order chi connectivity index (χ1) is 23.2. The zero-order valence-electron chi connectivity index (χ0n) is 26.8. The summed E-state index contributed by atoms with van der Waals surface area (Å²) in [5.41, 5.74) is -1.95. The maximum absolute atomic E-state index is 13.9. The fourth-order valence-corrected chi connectivity index (χ4v) is 6.09. The largest absolute Gasteiger partial charge is 0.463 e. The van der Waals surface area contributed by atoms with Crippen molar-refractivity contribution in [1.82, 2.24) is 0 Å². The number of carbonyl (C=O) groups excluding carboxylic acids is 3. The summed E-state index contributed by atoms with van der Waals surface area (Å²) in [7, 11) is 0. The second kappa shape index (κ2) is 16.2. The van der Waals surface area contributed by atoms with Gasteiger partial charge in [-0.2, -0.15) is 26.3 Å². The van der Waals surface area contributed by atoms with Crippen LogP contribution < -0.4 is 9.47 Å². The number of hydrogen-bond donors (Lipinski definition) is 0. The highest BCUT2D eigenvalue weighted by Gasteiger charge is 2.49. The van der Waals surface area contributed by atoms with Gasteiger partial charge in [0.2, 0.25) is 0 Å². The Balaban J connectivity index is 1.36. The maximum atomic E-state index is 13.9. The molecule has 0 N–H and O–H groups in total. The minimum Gasteiger partial charge on any atom is -0.463 e. The number of unbranched alkanes of at least 4 members (excludes halogenated alkanes) is 2. The van der Waals surface area contributed by atoms with Gasteiger partial charge in [0.05, 0.1) is 12.2 Å². The normalized spacial score (nSPS) is 16.5. The SMILES string of the molecule is C=CC(=O)OCCCCCC1CCC(c2ccc(-c3ccc(C(=O)Oc4ccc(OC(C)=O)c(C(F)(F)F)c4C(F)(F)F)cc3)cc2)CC1. The van der Waals surface area contributed by atoms with Gasteiger partial charge in [-0.25, -0.2) is 9.59 Å². The van der Waals surface area contributed by atoms with Crippen molar-refractivity contribution in [2.45, 2.75) is 76.6 Å². The van der Waals surface area contributed by atoms with Crippen LogP contribution in [0.15, 0.2) is 73.3 Å². The Morgan fingerprint density at radius 2 is 1.27 bits per heavy atom. The second-order valence-corrected chi connectivity index (χ2v) is 11.9. The van der Waals surface area contributed by atoms with E-state index in [4.69, 9.17) is 9.47 Å². The van der Waals surface area contributed by atoms with Gasteiger partial charge in [-0.15, -0.1) is 0 Å². The molecule has 3 aromatic carbocycles. The first-order valence-electron chi connectivity index (χ1n) is 15.9. The van der Waals surface area contributed by atoms with E-state index in [2.05, 4.69) is 23.4 Å². The fraction of sp³-hybridized carbons (Fsp3) is 0.378.